The zero-order valence-corrected chi connectivity index (χ0v) is 10.9. The fraction of sp³-hybridized carbons (Fsp3) is 0.417. The normalized spacial score (nSPS) is 16.2. The van der Waals surface area contributed by atoms with E-state index < -0.39 is 10.9 Å². The van der Waals surface area contributed by atoms with Crippen molar-refractivity contribution in [3.63, 3.8) is 0 Å². The number of carboxylic acids is 1. The molecule has 0 amide bonds. The van der Waals surface area contributed by atoms with E-state index in [2.05, 4.69) is 0 Å². The first-order chi connectivity index (χ1) is 9.08. The van der Waals surface area contributed by atoms with Gasteiger partial charge in [0.2, 0.25) is 0 Å². The molecule has 1 aromatic rings. The van der Waals surface area contributed by atoms with Crippen molar-refractivity contribution in [2.75, 3.05) is 13.2 Å². The van der Waals surface area contributed by atoms with Crippen LogP contribution in [0.25, 0.3) is 0 Å². The van der Waals surface area contributed by atoms with Gasteiger partial charge in [-0.25, -0.2) is 4.79 Å². The average Bonchev–Trinajstić information content (AvgIpc) is 2.39. The molecule has 19 heavy (non-hydrogen) atoms. The summed E-state index contributed by atoms with van der Waals surface area (Å²) in [7, 11) is 0. The third kappa shape index (κ3) is 3.45. The van der Waals surface area contributed by atoms with Gasteiger partial charge < -0.3 is 9.84 Å². The summed E-state index contributed by atoms with van der Waals surface area (Å²) in [6.45, 7) is 1.40. The van der Waals surface area contributed by atoms with Crippen LogP contribution in [0.1, 0.15) is 23.2 Å². The Labute approximate surface area is 113 Å². The van der Waals surface area contributed by atoms with Crippen LogP contribution in [-0.2, 0) is 4.74 Å². The van der Waals surface area contributed by atoms with Gasteiger partial charge in [0.05, 0.1) is 4.92 Å². The lowest BCUT2D eigenvalue weighted by Crippen LogP contribution is -2.17. The van der Waals surface area contributed by atoms with Crippen LogP contribution in [-0.4, -0.2) is 34.5 Å². The second-order valence-electron chi connectivity index (χ2n) is 4.17. The van der Waals surface area contributed by atoms with Crippen LogP contribution < -0.4 is 0 Å². The molecule has 1 N–H and O–H groups in total. The fourth-order valence-corrected chi connectivity index (χ4v) is 3.04. The zero-order chi connectivity index (χ0) is 13.8. The van der Waals surface area contributed by atoms with E-state index in [0.717, 1.165) is 17.7 Å². The average molecular weight is 283 g/mol. The predicted molar refractivity (Wildman–Crippen MR) is 69.8 cm³/mol. The van der Waals surface area contributed by atoms with Gasteiger partial charge in [0, 0.05) is 29.4 Å². The number of thioether (sulfide) groups is 1. The molecule has 0 saturated carbocycles. The number of benzene rings is 1. The van der Waals surface area contributed by atoms with Gasteiger partial charge in [0.15, 0.2) is 0 Å². The highest BCUT2D eigenvalue weighted by atomic mass is 32.2. The number of hydrogen-bond acceptors (Lipinski definition) is 5. The maximum absolute atomic E-state index is 10.9. The van der Waals surface area contributed by atoms with E-state index in [0.29, 0.717) is 18.5 Å². The van der Waals surface area contributed by atoms with E-state index in [1.54, 1.807) is 6.07 Å². The quantitative estimate of drug-likeness (QED) is 0.674. The molecule has 102 valence electrons. The highest BCUT2D eigenvalue weighted by molar-refractivity contribution is 8.00. The fourth-order valence-electron chi connectivity index (χ4n) is 1.90. The molecule has 0 radical (unpaired) electrons. The Morgan fingerprint density at radius 3 is 2.68 bits per heavy atom. The Balaban J connectivity index is 2.20. The lowest BCUT2D eigenvalue weighted by Gasteiger charge is -2.21. The first-order valence-electron chi connectivity index (χ1n) is 5.84. The molecule has 1 saturated heterocycles. The monoisotopic (exact) mass is 283 g/mol. The minimum absolute atomic E-state index is 0.277. The number of carboxylic acid groups (broad SMARTS) is 1. The van der Waals surface area contributed by atoms with Gasteiger partial charge in [-0.15, -0.1) is 11.8 Å². The third-order valence-corrected chi connectivity index (χ3v) is 4.20. The smallest absolute Gasteiger partial charge is 0.342 e. The standard InChI is InChI=1S/C12H13NO5S/c14-12(15)10-2-1-9(7-11(10)13(16)17)19-8-3-5-18-6-4-8/h1-2,7-8H,3-6H2,(H,14,15). The van der Waals surface area contributed by atoms with E-state index in [9.17, 15) is 14.9 Å². The Kier molecular flexibility index (Phi) is 4.39. The maximum Gasteiger partial charge on any atom is 0.342 e. The molecule has 0 spiro atoms. The molecule has 7 heteroatoms. The Morgan fingerprint density at radius 2 is 2.11 bits per heavy atom. The van der Waals surface area contributed by atoms with Crippen LogP contribution in [0, 0.1) is 10.1 Å². The Morgan fingerprint density at radius 1 is 1.42 bits per heavy atom. The molecular formula is C12H13NO5S. The summed E-state index contributed by atoms with van der Waals surface area (Å²) < 4.78 is 5.25. The minimum atomic E-state index is -1.28. The summed E-state index contributed by atoms with van der Waals surface area (Å²) in [5.41, 5.74) is -0.633. The number of aromatic carboxylic acids is 1. The highest BCUT2D eigenvalue weighted by Gasteiger charge is 2.22. The van der Waals surface area contributed by atoms with Crippen molar-refractivity contribution in [2.24, 2.45) is 0 Å². The maximum atomic E-state index is 10.9. The number of nitrogens with zero attached hydrogens (tertiary/aromatic N) is 1. The summed E-state index contributed by atoms with van der Waals surface area (Å²) in [4.78, 5) is 21.9. The van der Waals surface area contributed by atoms with Crippen LogP contribution in [0.3, 0.4) is 0 Å². The highest BCUT2D eigenvalue weighted by Crippen LogP contribution is 2.33. The van der Waals surface area contributed by atoms with E-state index in [1.165, 1.54) is 23.9 Å². The lowest BCUT2D eigenvalue weighted by molar-refractivity contribution is -0.385. The Hall–Kier alpha value is -1.60. The van der Waals surface area contributed by atoms with Crippen molar-refractivity contribution in [3.8, 4) is 0 Å². The SMILES string of the molecule is O=C(O)c1ccc(SC2CCOCC2)cc1[N+](=O)[O-]. The second-order valence-corrected chi connectivity index (χ2v) is 5.54. The van der Waals surface area contributed by atoms with Gasteiger partial charge in [0.25, 0.3) is 5.69 Å². The van der Waals surface area contributed by atoms with Crippen LogP contribution in [0.15, 0.2) is 23.1 Å². The van der Waals surface area contributed by atoms with Crippen molar-refractivity contribution >= 4 is 23.4 Å². The first kappa shape index (κ1) is 13.8. The number of hydrogen-bond donors (Lipinski definition) is 1. The van der Waals surface area contributed by atoms with Crippen molar-refractivity contribution < 1.29 is 19.6 Å². The van der Waals surface area contributed by atoms with Gasteiger partial charge in [-0.1, -0.05) is 0 Å². The molecule has 0 atom stereocenters. The minimum Gasteiger partial charge on any atom is -0.477 e. The summed E-state index contributed by atoms with van der Waals surface area (Å²) in [6.07, 6.45) is 1.80. The topological polar surface area (TPSA) is 89.7 Å². The molecule has 1 aliphatic rings. The van der Waals surface area contributed by atoms with Crippen LogP contribution >= 0.6 is 11.8 Å². The summed E-state index contributed by atoms with van der Waals surface area (Å²) in [5.74, 6) is -1.28. The molecule has 0 aromatic heterocycles. The van der Waals surface area contributed by atoms with Crippen molar-refractivity contribution in [2.45, 2.75) is 23.0 Å². The Bertz CT molecular complexity index is 499. The van der Waals surface area contributed by atoms with Crippen LogP contribution in [0.4, 0.5) is 5.69 Å². The number of rotatable bonds is 4. The summed E-state index contributed by atoms with van der Waals surface area (Å²) in [6, 6.07) is 4.25. The van der Waals surface area contributed by atoms with Crippen LogP contribution in [0.2, 0.25) is 0 Å². The molecule has 6 nitrogen and oxygen atoms in total. The van der Waals surface area contributed by atoms with Crippen molar-refractivity contribution in [1.29, 1.82) is 0 Å². The molecule has 0 unspecified atom stereocenters. The molecule has 1 aromatic carbocycles. The zero-order valence-electron chi connectivity index (χ0n) is 10.1. The van der Waals surface area contributed by atoms with E-state index in [-0.39, 0.29) is 11.3 Å². The van der Waals surface area contributed by atoms with E-state index in [1.807, 2.05) is 0 Å². The molecule has 0 aliphatic carbocycles. The van der Waals surface area contributed by atoms with Gasteiger partial charge in [-0.2, -0.15) is 0 Å². The third-order valence-electron chi connectivity index (χ3n) is 2.87. The summed E-state index contributed by atoms with van der Waals surface area (Å²) in [5, 5.41) is 20.1. The first-order valence-corrected chi connectivity index (χ1v) is 6.72. The lowest BCUT2D eigenvalue weighted by atomic mass is 10.2. The predicted octanol–water partition coefficient (Wildman–Crippen LogP) is 2.56. The molecule has 1 heterocycles. The number of ether oxygens (including phenoxy) is 1. The largest absolute Gasteiger partial charge is 0.477 e. The number of nitro groups is 1. The van der Waals surface area contributed by atoms with Crippen LogP contribution in [0.5, 0.6) is 0 Å². The van der Waals surface area contributed by atoms with Gasteiger partial charge in [-0.05, 0) is 25.0 Å². The van der Waals surface area contributed by atoms with Crippen molar-refractivity contribution in [1.82, 2.24) is 0 Å². The molecule has 1 fully saturated rings. The van der Waals surface area contributed by atoms with Gasteiger partial charge in [-0.3, -0.25) is 10.1 Å². The van der Waals surface area contributed by atoms with Gasteiger partial charge >= 0.3 is 5.97 Å². The van der Waals surface area contributed by atoms with Gasteiger partial charge in [0.1, 0.15) is 5.56 Å². The summed E-state index contributed by atoms with van der Waals surface area (Å²) >= 11 is 1.54. The molecule has 2 rings (SSSR count). The van der Waals surface area contributed by atoms with E-state index >= 15 is 0 Å². The number of carbonyl (C=O) groups is 1. The second kappa shape index (κ2) is 6.03. The number of nitro benzene ring substituents is 1. The van der Waals surface area contributed by atoms with E-state index in [4.69, 9.17) is 9.84 Å². The molecule has 1 aliphatic heterocycles. The molecule has 0 bridgehead atoms. The molecular weight excluding hydrogens is 270 g/mol. The van der Waals surface area contributed by atoms with Crippen molar-refractivity contribution in [3.05, 3.63) is 33.9 Å².